The molecule has 1 aromatic carbocycles. The molecule has 0 spiro atoms. The van der Waals surface area contributed by atoms with Gasteiger partial charge in [-0.2, -0.15) is 0 Å². The molecular formula is C14H17NO4S. The summed E-state index contributed by atoms with van der Waals surface area (Å²) >= 11 is 0. The first-order valence-electron chi connectivity index (χ1n) is 6.33. The van der Waals surface area contributed by atoms with E-state index in [0.717, 1.165) is 11.3 Å². The topological polar surface area (TPSA) is 68.5 Å². The second kappa shape index (κ2) is 7.23. The number of aryl methyl sites for hydroxylation is 1. The monoisotopic (exact) mass is 295 g/mol. The van der Waals surface area contributed by atoms with Gasteiger partial charge in [-0.3, -0.25) is 4.84 Å². The molecule has 108 valence electrons. The highest BCUT2D eigenvalue weighted by Crippen LogP contribution is 2.05. The summed E-state index contributed by atoms with van der Waals surface area (Å²) in [6.45, 7) is 0.300. The summed E-state index contributed by atoms with van der Waals surface area (Å²) in [7, 11) is -3.46. The fraction of sp³-hybridized carbons (Fsp3) is 0.286. The number of furan rings is 1. The number of hydrogen-bond donors (Lipinski definition) is 1. The molecule has 0 saturated carbocycles. The number of hydrogen-bond acceptors (Lipinski definition) is 4. The lowest BCUT2D eigenvalue weighted by molar-refractivity contribution is 0.0904. The van der Waals surface area contributed by atoms with E-state index in [9.17, 15) is 8.42 Å². The molecule has 1 aromatic heterocycles. The zero-order valence-corrected chi connectivity index (χ0v) is 11.8. The van der Waals surface area contributed by atoms with E-state index in [4.69, 9.17) is 9.25 Å². The molecule has 0 aliphatic rings. The molecule has 2 aromatic rings. The largest absolute Gasteiger partial charge is 0.469 e. The van der Waals surface area contributed by atoms with E-state index in [1.54, 1.807) is 30.5 Å². The van der Waals surface area contributed by atoms with Crippen molar-refractivity contribution >= 4 is 10.0 Å². The Morgan fingerprint density at radius 3 is 2.60 bits per heavy atom. The molecule has 0 fully saturated rings. The predicted octanol–water partition coefficient (Wildman–Crippen LogP) is 2.26. The first kappa shape index (κ1) is 14.8. The van der Waals surface area contributed by atoms with Gasteiger partial charge in [0.05, 0.1) is 18.6 Å². The van der Waals surface area contributed by atoms with Crippen LogP contribution in [0, 0.1) is 0 Å². The summed E-state index contributed by atoms with van der Waals surface area (Å²) in [5, 5.41) is 0. The third-order valence-corrected chi connectivity index (χ3v) is 3.72. The average molecular weight is 295 g/mol. The van der Waals surface area contributed by atoms with E-state index in [0.29, 0.717) is 19.4 Å². The van der Waals surface area contributed by atoms with E-state index in [1.165, 1.54) is 0 Å². The molecule has 20 heavy (non-hydrogen) atoms. The van der Waals surface area contributed by atoms with Crippen LogP contribution in [-0.2, 0) is 27.0 Å². The molecule has 2 rings (SSSR count). The Morgan fingerprint density at radius 1 is 1.10 bits per heavy atom. The molecule has 0 aliphatic heterocycles. The van der Waals surface area contributed by atoms with Gasteiger partial charge in [0.2, 0.25) is 10.0 Å². The van der Waals surface area contributed by atoms with Crippen LogP contribution in [0.3, 0.4) is 0 Å². The van der Waals surface area contributed by atoms with Crippen molar-refractivity contribution in [3.05, 3.63) is 60.1 Å². The van der Waals surface area contributed by atoms with Crippen molar-refractivity contribution in [3.8, 4) is 0 Å². The fourth-order valence-electron chi connectivity index (χ4n) is 1.73. The Morgan fingerprint density at radius 2 is 1.90 bits per heavy atom. The smallest absolute Gasteiger partial charge is 0.237 e. The van der Waals surface area contributed by atoms with Gasteiger partial charge < -0.3 is 4.42 Å². The van der Waals surface area contributed by atoms with Crippen LogP contribution < -0.4 is 4.89 Å². The number of nitrogens with one attached hydrogen (secondary N) is 1. The average Bonchev–Trinajstić information content (AvgIpc) is 2.92. The van der Waals surface area contributed by atoms with Gasteiger partial charge >= 0.3 is 0 Å². The molecule has 1 heterocycles. The van der Waals surface area contributed by atoms with E-state index < -0.39 is 10.0 Å². The van der Waals surface area contributed by atoms with E-state index in [2.05, 4.69) is 4.89 Å². The molecule has 0 amide bonds. The fourth-order valence-corrected chi connectivity index (χ4v) is 2.68. The quantitative estimate of drug-likeness (QED) is 0.599. The first-order chi connectivity index (χ1) is 9.66. The summed E-state index contributed by atoms with van der Waals surface area (Å²) in [6, 6.07) is 12.7. The summed E-state index contributed by atoms with van der Waals surface area (Å²) in [5.41, 5.74) is 0.721. The first-order valence-corrected chi connectivity index (χ1v) is 7.98. The Balaban J connectivity index is 1.67. The number of benzene rings is 1. The van der Waals surface area contributed by atoms with Crippen LogP contribution in [-0.4, -0.2) is 15.0 Å². The molecule has 0 aliphatic carbocycles. The molecule has 0 saturated heterocycles. The maximum absolute atomic E-state index is 11.7. The molecular weight excluding hydrogens is 278 g/mol. The maximum Gasteiger partial charge on any atom is 0.237 e. The lowest BCUT2D eigenvalue weighted by Crippen LogP contribution is -2.26. The summed E-state index contributed by atoms with van der Waals surface area (Å²) in [5.74, 6) is 0.771. The molecule has 1 N–H and O–H groups in total. The van der Waals surface area contributed by atoms with Crippen molar-refractivity contribution in [2.75, 3.05) is 6.61 Å². The van der Waals surface area contributed by atoms with Crippen LogP contribution in [0.2, 0.25) is 0 Å². The zero-order chi connectivity index (χ0) is 14.3. The van der Waals surface area contributed by atoms with Gasteiger partial charge in [-0.25, -0.2) is 8.42 Å². The van der Waals surface area contributed by atoms with Gasteiger partial charge in [-0.15, -0.1) is 0 Å². The van der Waals surface area contributed by atoms with Crippen molar-refractivity contribution in [3.63, 3.8) is 0 Å². The molecule has 6 heteroatoms. The van der Waals surface area contributed by atoms with E-state index in [1.807, 2.05) is 18.2 Å². The normalized spacial score (nSPS) is 11.6. The van der Waals surface area contributed by atoms with Crippen LogP contribution >= 0.6 is 0 Å². The Labute approximate surface area is 118 Å². The van der Waals surface area contributed by atoms with Gasteiger partial charge in [0.1, 0.15) is 5.76 Å². The van der Waals surface area contributed by atoms with E-state index in [-0.39, 0.29) is 5.75 Å². The minimum atomic E-state index is -3.46. The lowest BCUT2D eigenvalue weighted by atomic mass is 10.2. The molecule has 0 bridgehead atoms. The van der Waals surface area contributed by atoms with Crippen LogP contribution in [0.4, 0.5) is 0 Å². The third-order valence-electron chi connectivity index (χ3n) is 2.64. The minimum absolute atomic E-state index is 0.0912. The summed E-state index contributed by atoms with van der Waals surface area (Å²) in [4.78, 5) is 7.12. The third kappa shape index (κ3) is 5.16. The SMILES string of the molecule is O=S(=O)(Cc1ccccc1)NOCCCc1ccco1. The van der Waals surface area contributed by atoms with Crippen LogP contribution in [0.1, 0.15) is 17.7 Å². The van der Waals surface area contributed by atoms with Crippen molar-refractivity contribution in [1.29, 1.82) is 0 Å². The van der Waals surface area contributed by atoms with Gasteiger partial charge in [0.25, 0.3) is 0 Å². The van der Waals surface area contributed by atoms with Gasteiger partial charge in [0.15, 0.2) is 0 Å². The van der Waals surface area contributed by atoms with Crippen LogP contribution in [0.15, 0.2) is 53.1 Å². The maximum atomic E-state index is 11.7. The molecule has 0 radical (unpaired) electrons. The molecule has 5 nitrogen and oxygen atoms in total. The van der Waals surface area contributed by atoms with Crippen molar-refractivity contribution in [2.45, 2.75) is 18.6 Å². The Bertz CT molecular complexity index is 593. The summed E-state index contributed by atoms with van der Waals surface area (Å²) < 4.78 is 28.6. The highest BCUT2D eigenvalue weighted by atomic mass is 32.2. The lowest BCUT2D eigenvalue weighted by Gasteiger charge is -2.06. The standard InChI is InChI=1S/C14H17NO4S/c16-20(17,12-13-6-2-1-3-7-13)15-19-11-5-9-14-8-4-10-18-14/h1-4,6-8,10,15H,5,9,11-12H2. The van der Waals surface area contributed by atoms with Crippen molar-refractivity contribution < 1.29 is 17.7 Å². The van der Waals surface area contributed by atoms with Gasteiger partial charge in [-0.05, 0) is 24.1 Å². The number of sulfonamides is 1. The highest BCUT2D eigenvalue weighted by Gasteiger charge is 2.11. The second-order valence-corrected chi connectivity index (χ2v) is 6.04. The zero-order valence-electron chi connectivity index (χ0n) is 11.0. The van der Waals surface area contributed by atoms with E-state index >= 15 is 0 Å². The van der Waals surface area contributed by atoms with Gasteiger partial charge in [0, 0.05) is 6.42 Å². The minimum Gasteiger partial charge on any atom is -0.469 e. The Hall–Kier alpha value is -1.63. The predicted molar refractivity (Wildman–Crippen MR) is 75.2 cm³/mol. The van der Waals surface area contributed by atoms with Crippen LogP contribution in [0.25, 0.3) is 0 Å². The molecule has 0 atom stereocenters. The highest BCUT2D eigenvalue weighted by molar-refractivity contribution is 7.88. The Kier molecular flexibility index (Phi) is 5.34. The van der Waals surface area contributed by atoms with Gasteiger partial charge in [-0.1, -0.05) is 35.2 Å². The van der Waals surface area contributed by atoms with Crippen molar-refractivity contribution in [2.24, 2.45) is 0 Å². The molecule has 0 unspecified atom stereocenters. The van der Waals surface area contributed by atoms with Crippen LogP contribution in [0.5, 0.6) is 0 Å². The van der Waals surface area contributed by atoms with Crippen molar-refractivity contribution in [1.82, 2.24) is 4.89 Å². The number of rotatable bonds is 8. The summed E-state index contributed by atoms with van der Waals surface area (Å²) in [6.07, 6.45) is 3.01. The second-order valence-electron chi connectivity index (χ2n) is 4.36.